The van der Waals surface area contributed by atoms with Crippen LogP contribution in [-0.4, -0.2) is 77.7 Å². The van der Waals surface area contributed by atoms with Crippen molar-refractivity contribution in [2.45, 2.75) is 108 Å². The molecule has 0 spiro atoms. The second-order valence-electron chi connectivity index (χ2n) is 19.3. The lowest BCUT2D eigenvalue weighted by molar-refractivity contribution is 0.00578. The number of aliphatic imine (C=N–C) groups is 2. The summed E-state index contributed by atoms with van der Waals surface area (Å²) in [6.07, 6.45) is 3.75. The van der Waals surface area contributed by atoms with Crippen LogP contribution in [0.3, 0.4) is 0 Å². The summed E-state index contributed by atoms with van der Waals surface area (Å²) in [6.45, 7) is 32.4. The van der Waals surface area contributed by atoms with Crippen molar-refractivity contribution in [1.29, 1.82) is 0 Å². The minimum atomic E-state index is -3.71. The van der Waals surface area contributed by atoms with Gasteiger partial charge in [0.1, 0.15) is 38.3 Å². The van der Waals surface area contributed by atoms with Crippen LogP contribution >= 0.6 is 22.6 Å². The normalized spacial score (nSPS) is 23.7. The highest BCUT2D eigenvalue weighted by Gasteiger charge is 2.53. The number of pyridine rings is 2. The van der Waals surface area contributed by atoms with Crippen molar-refractivity contribution in [1.82, 2.24) is 9.97 Å². The topological polar surface area (TPSA) is 172 Å². The predicted octanol–water partition coefficient (Wildman–Crippen LogP) is 10.4. The number of rotatable bonds is 6. The van der Waals surface area contributed by atoms with Gasteiger partial charge < -0.3 is 15.0 Å². The Morgan fingerprint density at radius 2 is 1.16 bits per heavy atom. The highest BCUT2D eigenvalue weighted by molar-refractivity contribution is 14.1. The SMILES string of the molecule is CC1=N[C@](C)(c2cc(B3OC(C)(C)C(C)(C)O3)ccc2F)CS(=O)(=O)C1(C)C.[C-]#[N+]c1ccc(/C(F)=C/I)nc1.[C-]#[N+]c1ccc(/C(F)=C/c2ccc(F)c([C@]3(C)CS(=O)(=O)C(C)(C)C(N)=N3)c2)nc1. The molecule has 370 valence electrons. The van der Waals surface area contributed by atoms with E-state index in [1.54, 1.807) is 62.4 Å². The summed E-state index contributed by atoms with van der Waals surface area (Å²) in [6, 6.07) is 14.2. The zero-order valence-corrected chi connectivity index (χ0v) is 44.3. The molecule has 21 heteroatoms. The van der Waals surface area contributed by atoms with E-state index >= 15 is 0 Å². The van der Waals surface area contributed by atoms with Crippen molar-refractivity contribution >= 4 is 95.5 Å². The number of benzene rings is 2. The van der Waals surface area contributed by atoms with E-state index in [0.29, 0.717) is 22.4 Å². The second kappa shape index (κ2) is 20.1. The van der Waals surface area contributed by atoms with Crippen molar-refractivity contribution in [2.75, 3.05) is 11.5 Å². The van der Waals surface area contributed by atoms with Crippen molar-refractivity contribution < 1.29 is 43.7 Å². The Bertz CT molecular complexity index is 3120. The summed E-state index contributed by atoms with van der Waals surface area (Å²) in [5.41, 5.74) is 4.85. The maximum absolute atomic E-state index is 14.8. The first-order valence-electron chi connectivity index (χ1n) is 21.5. The zero-order valence-electron chi connectivity index (χ0n) is 40.5. The van der Waals surface area contributed by atoms with E-state index in [0.717, 1.165) is 12.1 Å². The molecular formula is C49H53BF4IN7O6S2. The largest absolute Gasteiger partial charge is 0.494 e. The molecule has 0 aliphatic carbocycles. The lowest BCUT2D eigenvalue weighted by atomic mass is 9.76. The molecule has 0 radical (unpaired) electrons. The number of sulfone groups is 2. The first-order valence-corrected chi connectivity index (χ1v) is 26.1. The minimum absolute atomic E-state index is 0.00221. The van der Waals surface area contributed by atoms with Crippen molar-refractivity contribution in [3.63, 3.8) is 0 Å². The highest BCUT2D eigenvalue weighted by Crippen LogP contribution is 2.41. The van der Waals surface area contributed by atoms with Crippen molar-refractivity contribution in [3.05, 3.63) is 140 Å². The molecule has 0 unspecified atom stereocenters. The van der Waals surface area contributed by atoms with Gasteiger partial charge in [0.15, 0.2) is 25.5 Å². The molecular weight excluding hydrogens is 1060 g/mol. The number of halogens is 5. The first kappa shape index (κ1) is 55.6. The van der Waals surface area contributed by atoms with Crippen LogP contribution in [0.5, 0.6) is 0 Å². The molecule has 2 atom stereocenters. The quantitative estimate of drug-likeness (QED) is 0.0854. The Morgan fingerprint density at radius 3 is 1.60 bits per heavy atom. The van der Waals surface area contributed by atoms with Crippen LogP contribution in [0.4, 0.5) is 28.9 Å². The number of hydrogen-bond acceptors (Lipinski definition) is 11. The number of hydrogen-bond donors (Lipinski definition) is 1. The van der Waals surface area contributed by atoms with Gasteiger partial charge in [-0.25, -0.2) is 44.1 Å². The molecule has 2 N–H and O–H groups in total. The molecule has 3 aliphatic rings. The maximum atomic E-state index is 14.8. The van der Waals surface area contributed by atoms with Crippen LogP contribution < -0.4 is 11.2 Å². The zero-order chi connectivity index (χ0) is 52.6. The highest BCUT2D eigenvalue weighted by atomic mass is 127. The maximum Gasteiger partial charge on any atom is 0.494 e. The third-order valence-electron chi connectivity index (χ3n) is 13.1. The molecule has 0 saturated carbocycles. The van der Waals surface area contributed by atoms with E-state index < -0.39 is 81.8 Å². The molecule has 13 nitrogen and oxygen atoms in total. The number of nitrogens with two attached hydrogens (primary N) is 1. The molecule has 0 amide bonds. The fourth-order valence-corrected chi connectivity index (χ4v) is 11.1. The minimum Gasteiger partial charge on any atom is -0.399 e. The lowest BCUT2D eigenvalue weighted by Gasteiger charge is -2.38. The van der Waals surface area contributed by atoms with Crippen LogP contribution in [0.25, 0.3) is 27.4 Å². The van der Waals surface area contributed by atoms with E-state index in [4.69, 9.17) is 28.2 Å². The van der Waals surface area contributed by atoms with Gasteiger partial charge in [0.05, 0.1) is 52.8 Å². The second-order valence-corrected chi connectivity index (χ2v) is 25.0. The molecule has 3 aliphatic heterocycles. The van der Waals surface area contributed by atoms with E-state index in [1.807, 2.05) is 27.7 Å². The summed E-state index contributed by atoms with van der Waals surface area (Å²) in [4.78, 5) is 22.9. The Kier molecular flexibility index (Phi) is 15.9. The Hall–Kier alpha value is -5.33. The molecule has 2 aromatic carbocycles. The standard InChI is InChI=1S/C21H20F2N4O2S.C20H29BFNO4S.C8H4FIN2/c1-20(2)19(24)27-21(3,12-30(20,28)29)15-9-13(5-7-16(15)22)10-17(23)18-8-6-14(25-4)11-26-18;1-13-17(2,3)28(24,25)12-20(8,23-13)15-11-14(9-10-16(15)22)21-26-18(4,5)19(6,7)27-21;1-11-6-2-3-8(12-5-6)7(9)4-10/h5-11H,12H2,1-3H3,(H2,24,27);9-11H,12H2,1-8H3;2-5H/b17-10-;;7-4-/t21-;20-;/m00./s1. The molecule has 4 aromatic rings. The monoisotopic (exact) mass is 1110 g/mol. The van der Waals surface area contributed by atoms with Gasteiger partial charge in [-0.1, -0.05) is 30.3 Å². The molecule has 0 bridgehead atoms. The Balaban J connectivity index is 0.000000212. The summed E-state index contributed by atoms with van der Waals surface area (Å²) < 4.78 is 119. The average molecular weight is 1110 g/mol. The van der Waals surface area contributed by atoms with Gasteiger partial charge in [0.25, 0.3) is 0 Å². The Morgan fingerprint density at radius 1 is 0.700 bits per heavy atom. The predicted molar refractivity (Wildman–Crippen MR) is 277 cm³/mol. The third-order valence-corrected chi connectivity index (χ3v) is 19.1. The third kappa shape index (κ3) is 11.2. The van der Waals surface area contributed by atoms with Crippen molar-refractivity contribution in [3.8, 4) is 0 Å². The van der Waals surface area contributed by atoms with E-state index in [-0.39, 0.29) is 45.6 Å². The number of nitrogens with zero attached hydrogens (tertiary/aromatic N) is 6. The van der Waals surface area contributed by atoms with Gasteiger partial charge >= 0.3 is 7.12 Å². The fraction of sp³-hybridized carbons (Fsp3) is 0.388. The Labute approximate surface area is 421 Å². The smallest absolute Gasteiger partial charge is 0.399 e. The van der Waals surface area contributed by atoms with E-state index in [9.17, 15) is 34.4 Å². The number of aromatic nitrogens is 2. The summed E-state index contributed by atoms with van der Waals surface area (Å²) in [5, 5.41) is 0. The van der Waals surface area contributed by atoms with Gasteiger partial charge in [0, 0.05) is 33.3 Å². The molecule has 1 saturated heterocycles. The molecule has 5 heterocycles. The van der Waals surface area contributed by atoms with Gasteiger partial charge in [-0.15, -0.1) is 0 Å². The summed E-state index contributed by atoms with van der Waals surface area (Å²) >= 11 is 1.80. The molecule has 70 heavy (non-hydrogen) atoms. The lowest BCUT2D eigenvalue weighted by Crippen LogP contribution is -2.55. The summed E-state index contributed by atoms with van der Waals surface area (Å²) in [5.74, 6) is -3.02. The molecule has 7 rings (SSSR count). The van der Waals surface area contributed by atoms with Gasteiger partial charge in [-0.05, 0) is 146 Å². The van der Waals surface area contributed by atoms with Crippen molar-refractivity contribution in [2.24, 2.45) is 15.7 Å². The number of amidine groups is 1. The van der Waals surface area contributed by atoms with E-state index in [2.05, 4.69) is 29.6 Å². The van der Waals surface area contributed by atoms with Crippen LogP contribution in [0.1, 0.15) is 104 Å². The fourth-order valence-electron chi connectivity index (χ4n) is 7.32. The van der Waals surface area contributed by atoms with Crippen LogP contribution in [-0.2, 0) is 40.1 Å². The van der Waals surface area contributed by atoms with Gasteiger partial charge in [-0.2, -0.15) is 0 Å². The summed E-state index contributed by atoms with van der Waals surface area (Å²) in [7, 11) is -7.88. The van der Waals surface area contributed by atoms with E-state index in [1.165, 1.54) is 79.7 Å². The van der Waals surface area contributed by atoms with Gasteiger partial charge in [-0.3, -0.25) is 20.0 Å². The van der Waals surface area contributed by atoms with Crippen LogP contribution in [0, 0.1) is 24.8 Å². The van der Waals surface area contributed by atoms with Crippen LogP contribution in [0.15, 0.2) is 87.1 Å². The molecule has 2 aromatic heterocycles. The van der Waals surface area contributed by atoms with Crippen LogP contribution in [0.2, 0.25) is 0 Å². The molecule has 1 fully saturated rings. The first-order chi connectivity index (χ1) is 32.2. The van der Waals surface area contributed by atoms with Gasteiger partial charge in [0.2, 0.25) is 11.4 Å². The average Bonchev–Trinajstić information content (AvgIpc) is 3.51.